The van der Waals surface area contributed by atoms with E-state index >= 15 is 0 Å². The van der Waals surface area contributed by atoms with Gasteiger partial charge in [0.05, 0.1) is 16.7 Å². The molecule has 0 unspecified atom stereocenters. The number of ether oxygens (including phenoxy) is 1. The van der Waals surface area contributed by atoms with Crippen molar-refractivity contribution in [3.8, 4) is 5.75 Å². The van der Waals surface area contributed by atoms with Gasteiger partial charge in [-0.05, 0) is 30.3 Å². The number of rotatable bonds is 3. The maximum atomic E-state index is 5.93. The van der Waals surface area contributed by atoms with E-state index in [0.29, 0.717) is 23.1 Å². The van der Waals surface area contributed by atoms with Crippen molar-refractivity contribution in [2.75, 3.05) is 5.73 Å². The fourth-order valence-electron chi connectivity index (χ4n) is 1.86. The molecule has 0 aliphatic carbocycles. The molecule has 96 valence electrons. The van der Waals surface area contributed by atoms with Gasteiger partial charge < -0.3 is 15.5 Å². The van der Waals surface area contributed by atoms with Crippen molar-refractivity contribution >= 4 is 28.3 Å². The summed E-state index contributed by atoms with van der Waals surface area (Å²) in [5.41, 5.74) is 8.18. The van der Waals surface area contributed by atoms with Crippen LogP contribution in [0.2, 0.25) is 5.02 Å². The first-order valence-corrected chi connectivity index (χ1v) is 6.21. The lowest BCUT2D eigenvalue weighted by molar-refractivity contribution is 0.299. The van der Waals surface area contributed by atoms with Gasteiger partial charge in [0.2, 0.25) is 0 Å². The lowest BCUT2D eigenvalue weighted by Crippen LogP contribution is -1.99. The van der Waals surface area contributed by atoms with E-state index in [4.69, 9.17) is 22.1 Å². The summed E-state index contributed by atoms with van der Waals surface area (Å²) in [6.45, 7) is 0.334. The Labute approximate surface area is 115 Å². The number of fused-ring (bicyclic) bond motifs is 1. The minimum absolute atomic E-state index is 0.334. The predicted molar refractivity (Wildman–Crippen MR) is 76.3 cm³/mol. The van der Waals surface area contributed by atoms with Gasteiger partial charge in [0.1, 0.15) is 18.2 Å². The molecule has 3 aromatic rings. The number of H-pyrrole nitrogens is 1. The van der Waals surface area contributed by atoms with Gasteiger partial charge in [-0.1, -0.05) is 23.7 Å². The summed E-state index contributed by atoms with van der Waals surface area (Å²) < 4.78 is 5.63. The van der Waals surface area contributed by atoms with Gasteiger partial charge in [-0.3, -0.25) is 0 Å². The second-order valence-corrected chi connectivity index (χ2v) is 4.61. The number of aromatic nitrogens is 2. The van der Waals surface area contributed by atoms with Crippen molar-refractivity contribution in [1.29, 1.82) is 0 Å². The summed E-state index contributed by atoms with van der Waals surface area (Å²) in [5.74, 6) is 1.39. The van der Waals surface area contributed by atoms with Crippen LogP contribution in [0.1, 0.15) is 5.82 Å². The third-order valence-corrected chi connectivity index (χ3v) is 3.01. The lowest BCUT2D eigenvalue weighted by Gasteiger charge is -2.06. The maximum absolute atomic E-state index is 5.93. The number of nitrogens with two attached hydrogens (primary N) is 1. The van der Waals surface area contributed by atoms with Crippen molar-refractivity contribution in [2.45, 2.75) is 6.61 Å². The smallest absolute Gasteiger partial charge is 0.146 e. The summed E-state index contributed by atoms with van der Waals surface area (Å²) in [7, 11) is 0. The highest BCUT2D eigenvalue weighted by Gasteiger charge is 2.05. The van der Waals surface area contributed by atoms with Crippen LogP contribution in [-0.2, 0) is 6.61 Å². The molecule has 0 spiro atoms. The topological polar surface area (TPSA) is 63.9 Å². The highest BCUT2D eigenvalue weighted by atomic mass is 35.5. The van der Waals surface area contributed by atoms with E-state index in [2.05, 4.69) is 9.97 Å². The molecular weight excluding hydrogens is 262 g/mol. The molecule has 0 bridgehead atoms. The van der Waals surface area contributed by atoms with Gasteiger partial charge in [-0.2, -0.15) is 0 Å². The molecule has 0 saturated heterocycles. The number of nitrogens with one attached hydrogen (secondary N) is 1. The molecule has 0 atom stereocenters. The van der Waals surface area contributed by atoms with E-state index < -0.39 is 0 Å². The van der Waals surface area contributed by atoms with Crippen molar-refractivity contribution < 1.29 is 4.74 Å². The molecular formula is C14H12ClN3O. The quantitative estimate of drug-likeness (QED) is 0.719. The van der Waals surface area contributed by atoms with E-state index in [1.807, 2.05) is 36.4 Å². The molecule has 1 heterocycles. The van der Waals surface area contributed by atoms with Crippen LogP contribution in [0.3, 0.4) is 0 Å². The number of benzene rings is 2. The highest BCUT2D eigenvalue weighted by molar-refractivity contribution is 6.31. The molecule has 5 heteroatoms. The molecule has 0 aliphatic rings. The van der Waals surface area contributed by atoms with E-state index in [0.717, 1.165) is 16.9 Å². The first-order chi connectivity index (χ1) is 9.22. The Bertz CT molecular complexity index is 724. The van der Waals surface area contributed by atoms with Crippen molar-refractivity contribution in [3.63, 3.8) is 0 Å². The molecule has 4 nitrogen and oxygen atoms in total. The fraction of sp³-hybridized carbons (Fsp3) is 0.0714. The summed E-state index contributed by atoms with van der Waals surface area (Å²) in [6, 6.07) is 12.9. The van der Waals surface area contributed by atoms with E-state index in [1.165, 1.54) is 0 Å². The van der Waals surface area contributed by atoms with Crippen LogP contribution in [0, 0.1) is 0 Å². The Morgan fingerprint density at radius 3 is 2.89 bits per heavy atom. The number of anilines is 1. The number of nitrogens with zero attached hydrogens (tertiary/aromatic N) is 1. The molecule has 2 aromatic carbocycles. The third-order valence-electron chi connectivity index (χ3n) is 2.78. The zero-order valence-corrected chi connectivity index (χ0v) is 10.8. The van der Waals surface area contributed by atoms with Gasteiger partial charge in [-0.25, -0.2) is 4.98 Å². The van der Waals surface area contributed by atoms with Gasteiger partial charge in [0.15, 0.2) is 0 Å². The van der Waals surface area contributed by atoms with E-state index in [1.54, 1.807) is 6.07 Å². The van der Waals surface area contributed by atoms with Crippen molar-refractivity contribution in [3.05, 3.63) is 53.3 Å². The number of para-hydroxylation sites is 2. The van der Waals surface area contributed by atoms with Crippen LogP contribution in [0.25, 0.3) is 11.0 Å². The number of halogens is 1. The number of aromatic amines is 1. The van der Waals surface area contributed by atoms with E-state index in [9.17, 15) is 0 Å². The number of hydrogen-bond donors (Lipinski definition) is 2. The SMILES string of the molecule is Nc1ccccc1OCc1nc2ccc(Cl)cc2[nH]1. The highest BCUT2D eigenvalue weighted by Crippen LogP contribution is 2.22. The first kappa shape index (κ1) is 11.9. The zero-order chi connectivity index (χ0) is 13.2. The summed E-state index contributed by atoms with van der Waals surface area (Å²) >= 11 is 5.93. The Balaban J connectivity index is 1.80. The van der Waals surface area contributed by atoms with E-state index in [-0.39, 0.29) is 0 Å². The molecule has 3 N–H and O–H groups in total. The van der Waals surface area contributed by atoms with Crippen LogP contribution in [0.15, 0.2) is 42.5 Å². The van der Waals surface area contributed by atoms with Crippen LogP contribution in [-0.4, -0.2) is 9.97 Å². The Morgan fingerprint density at radius 2 is 2.05 bits per heavy atom. The molecule has 0 amide bonds. The second kappa shape index (κ2) is 4.82. The van der Waals surface area contributed by atoms with Crippen LogP contribution >= 0.6 is 11.6 Å². The van der Waals surface area contributed by atoms with Crippen molar-refractivity contribution in [2.24, 2.45) is 0 Å². The van der Waals surface area contributed by atoms with Crippen LogP contribution < -0.4 is 10.5 Å². The number of imidazole rings is 1. The normalized spacial score (nSPS) is 10.8. The molecule has 3 rings (SSSR count). The summed E-state index contributed by atoms with van der Waals surface area (Å²) in [4.78, 5) is 7.58. The minimum atomic E-state index is 0.334. The van der Waals surface area contributed by atoms with Gasteiger partial charge in [0, 0.05) is 5.02 Å². The summed E-state index contributed by atoms with van der Waals surface area (Å²) in [6.07, 6.45) is 0. The third kappa shape index (κ3) is 2.48. The molecule has 0 radical (unpaired) electrons. The number of nitrogen functional groups attached to an aromatic ring is 1. The predicted octanol–water partition coefficient (Wildman–Crippen LogP) is 3.38. The fourth-order valence-corrected chi connectivity index (χ4v) is 2.03. The Hall–Kier alpha value is -2.20. The average molecular weight is 274 g/mol. The average Bonchev–Trinajstić information content (AvgIpc) is 2.79. The van der Waals surface area contributed by atoms with Gasteiger partial charge >= 0.3 is 0 Å². The van der Waals surface area contributed by atoms with Gasteiger partial charge in [0.25, 0.3) is 0 Å². The minimum Gasteiger partial charge on any atom is -0.484 e. The molecule has 0 aliphatic heterocycles. The first-order valence-electron chi connectivity index (χ1n) is 5.84. The zero-order valence-electron chi connectivity index (χ0n) is 10.1. The summed E-state index contributed by atoms with van der Waals surface area (Å²) in [5, 5.41) is 0.677. The molecule has 1 aromatic heterocycles. The van der Waals surface area contributed by atoms with Crippen LogP contribution in [0.5, 0.6) is 5.75 Å². The Morgan fingerprint density at radius 1 is 1.21 bits per heavy atom. The Kier molecular flexibility index (Phi) is 3.01. The monoisotopic (exact) mass is 273 g/mol. The molecule has 0 saturated carbocycles. The largest absolute Gasteiger partial charge is 0.484 e. The van der Waals surface area contributed by atoms with Crippen molar-refractivity contribution in [1.82, 2.24) is 9.97 Å². The standard InChI is InChI=1S/C14H12ClN3O/c15-9-5-6-11-12(7-9)18-14(17-11)8-19-13-4-2-1-3-10(13)16/h1-7H,8,16H2,(H,17,18). The second-order valence-electron chi connectivity index (χ2n) is 4.17. The molecule has 19 heavy (non-hydrogen) atoms. The molecule has 0 fully saturated rings. The lowest BCUT2D eigenvalue weighted by atomic mass is 10.3. The maximum Gasteiger partial charge on any atom is 0.146 e. The van der Waals surface area contributed by atoms with Crippen LogP contribution in [0.4, 0.5) is 5.69 Å². The number of hydrogen-bond acceptors (Lipinski definition) is 3. The van der Waals surface area contributed by atoms with Gasteiger partial charge in [-0.15, -0.1) is 0 Å².